The van der Waals surface area contributed by atoms with Crippen molar-refractivity contribution in [2.45, 2.75) is 50.1 Å². The van der Waals surface area contributed by atoms with E-state index in [2.05, 4.69) is 50.2 Å². The van der Waals surface area contributed by atoms with Gasteiger partial charge in [0.2, 0.25) is 6.41 Å². The molecule has 6 heteroatoms. The molecule has 2 rings (SSSR count). The van der Waals surface area contributed by atoms with Crippen molar-refractivity contribution in [1.82, 2.24) is 14.7 Å². The van der Waals surface area contributed by atoms with E-state index in [-0.39, 0.29) is 17.6 Å². The number of carbonyl (C=O) groups is 2. The van der Waals surface area contributed by atoms with Crippen molar-refractivity contribution < 1.29 is 14.7 Å². The van der Waals surface area contributed by atoms with Gasteiger partial charge < -0.3 is 10.0 Å². The molecule has 0 aromatic heterocycles. The highest BCUT2D eigenvalue weighted by Crippen LogP contribution is 2.46. The van der Waals surface area contributed by atoms with Crippen LogP contribution in [0.5, 0.6) is 0 Å². The first kappa shape index (κ1) is 22.4. The molecular formula is C22H35N3O3. The topological polar surface area (TPSA) is 64.1 Å². The highest BCUT2D eigenvalue weighted by molar-refractivity contribution is 5.69. The average molecular weight is 390 g/mol. The van der Waals surface area contributed by atoms with Gasteiger partial charge in [-0.2, -0.15) is 0 Å². The largest absolute Gasteiger partial charge is 0.480 e. The second-order valence-electron chi connectivity index (χ2n) is 8.38. The fourth-order valence-corrected chi connectivity index (χ4v) is 4.84. The van der Waals surface area contributed by atoms with Crippen LogP contribution in [-0.2, 0) is 15.1 Å². The predicted molar refractivity (Wildman–Crippen MR) is 111 cm³/mol. The standard InChI is InChI=1S/C22H35N3O3/c1-5-15-25(18-26)21(17-24(4)16-20(27)28)11-13-22(14-12-21,23(2)3)19-9-7-6-8-10-19/h6-10,18H,5,11-17H2,1-4H3,(H,27,28). The van der Waals surface area contributed by atoms with Gasteiger partial charge in [0.25, 0.3) is 0 Å². The highest BCUT2D eigenvalue weighted by atomic mass is 16.4. The second-order valence-corrected chi connectivity index (χ2v) is 8.38. The lowest BCUT2D eigenvalue weighted by Crippen LogP contribution is -2.60. The molecule has 1 aromatic rings. The Balaban J connectivity index is 2.31. The number of aliphatic carboxylic acids is 1. The number of carbonyl (C=O) groups excluding carboxylic acids is 1. The lowest BCUT2D eigenvalue weighted by atomic mass is 9.67. The third-order valence-electron chi connectivity index (χ3n) is 6.35. The van der Waals surface area contributed by atoms with Crippen LogP contribution in [0.2, 0.25) is 0 Å². The summed E-state index contributed by atoms with van der Waals surface area (Å²) < 4.78 is 0. The summed E-state index contributed by atoms with van der Waals surface area (Å²) in [4.78, 5) is 29.2. The van der Waals surface area contributed by atoms with Gasteiger partial charge in [-0.05, 0) is 58.8 Å². The van der Waals surface area contributed by atoms with Gasteiger partial charge in [-0.25, -0.2) is 0 Å². The van der Waals surface area contributed by atoms with Gasteiger partial charge >= 0.3 is 5.97 Å². The molecule has 0 aliphatic heterocycles. The zero-order chi connectivity index (χ0) is 20.8. The molecular weight excluding hydrogens is 354 g/mol. The normalized spacial score (nSPS) is 25.1. The van der Waals surface area contributed by atoms with Gasteiger partial charge in [0.15, 0.2) is 0 Å². The minimum absolute atomic E-state index is 0.0158. The van der Waals surface area contributed by atoms with Crippen molar-refractivity contribution >= 4 is 12.4 Å². The number of likely N-dealkylation sites (N-methyl/N-ethyl adjacent to an activating group) is 1. The fraction of sp³-hybridized carbons (Fsp3) is 0.636. The van der Waals surface area contributed by atoms with E-state index in [0.29, 0.717) is 13.1 Å². The van der Waals surface area contributed by atoms with Gasteiger partial charge in [0, 0.05) is 18.6 Å². The molecule has 0 spiro atoms. The van der Waals surface area contributed by atoms with Crippen LogP contribution in [0.15, 0.2) is 30.3 Å². The van der Waals surface area contributed by atoms with Gasteiger partial charge in [-0.1, -0.05) is 37.3 Å². The number of nitrogens with zero attached hydrogens (tertiary/aromatic N) is 3. The van der Waals surface area contributed by atoms with Crippen LogP contribution in [-0.4, -0.2) is 78.5 Å². The van der Waals surface area contributed by atoms with Crippen molar-refractivity contribution in [3.8, 4) is 0 Å². The molecule has 0 unspecified atom stereocenters. The molecule has 1 aromatic carbocycles. The number of hydrogen-bond donors (Lipinski definition) is 1. The molecule has 0 heterocycles. The number of rotatable bonds is 10. The van der Waals surface area contributed by atoms with E-state index in [0.717, 1.165) is 38.5 Å². The second kappa shape index (κ2) is 9.52. The van der Waals surface area contributed by atoms with E-state index in [1.807, 2.05) is 22.9 Å². The molecule has 1 N–H and O–H groups in total. The Bertz CT molecular complexity index is 640. The Morgan fingerprint density at radius 2 is 1.71 bits per heavy atom. The van der Waals surface area contributed by atoms with Crippen molar-refractivity contribution in [2.24, 2.45) is 0 Å². The first-order valence-electron chi connectivity index (χ1n) is 10.1. The fourth-order valence-electron chi connectivity index (χ4n) is 4.84. The van der Waals surface area contributed by atoms with Crippen molar-refractivity contribution in [3.63, 3.8) is 0 Å². The first-order chi connectivity index (χ1) is 13.3. The molecule has 0 saturated heterocycles. The first-order valence-corrected chi connectivity index (χ1v) is 10.1. The third-order valence-corrected chi connectivity index (χ3v) is 6.35. The summed E-state index contributed by atoms with van der Waals surface area (Å²) in [6.45, 7) is 3.33. The number of amides is 1. The minimum atomic E-state index is -0.839. The van der Waals surface area contributed by atoms with Crippen LogP contribution in [0.4, 0.5) is 0 Å². The molecule has 1 amide bonds. The van der Waals surface area contributed by atoms with Crippen LogP contribution in [0.3, 0.4) is 0 Å². The molecule has 1 aliphatic carbocycles. The van der Waals surface area contributed by atoms with Crippen molar-refractivity contribution in [2.75, 3.05) is 40.8 Å². The number of carboxylic acid groups (broad SMARTS) is 1. The smallest absolute Gasteiger partial charge is 0.317 e. The maximum Gasteiger partial charge on any atom is 0.317 e. The minimum Gasteiger partial charge on any atom is -0.480 e. The van der Waals surface area contributed by atoms with Crippen molar-refractivity contribution in [1.29, 1.82) is 0 Å². The predicted octanol–water partition coefficient (Wildman–Crippen LogP) is 2.64. The lowest BCUT2D eigenvalue weighted by Gasteiger charge is -2.54. The van der Waals surface area contributed by atoms with E-state index in [4.69, 9.17) is 5.11 Å². The van der Waals surface area contributed by atoms with Crippen LogP contribution in [0, 0.1) is 0 Å². The van der Waals surface area contributed by atoms with Crippen LogP contribution < -0.4 is 0 Å². The molecule has 0 atom stereocenters. The summed E-state index contributed by atoms with van der Waals surface area (Å²) in [5, 5.41) is 9.17. The van der Waals surface area contributed by atoms with Gasteiger partial charge in [-0.3, -0.25) is 19.4 Å². The van der Waals surface area contributed by atoms with Gasteiger partial charge in [-0.15, -0.1) is 0 Å². The van der Waals surface area contributed by atoms with Crippen LogP contribution >= 0.6 is 0 Å². The molecule has 28 heavy (non-hydrogen) atoms. The summed E-state index contributed by atoms with van der Waals surface area (Å²) in [6, 6.07) is 10.6. The van der Waals surface area contributed by atoms with E-state index in [9.17, 15) is 9.59 Å². The van der Waals surface area contributed by atoms with Gasteiger partial charge in [0.05, 0.1) is 12.1 Å². The number of benzene rings is 1. The van der Waals surface area contributed by atoms with E-state index in [1.54, 1.807) is 0 Å². The molecule has 1 aliphatic rings. The third kappa shape index (κ3) is 4.73. The summed E-state index contributed by atoms with van der Waals surface area (Å²) >= 11 is 0. The Morgan fingerprint density at radius 3 is 2.18 bits per heavy atom. The Kier molecular flexibility index (Phi) is 7.61. The molecule has 1 saturated carbocycles. The lowest BCUT2D eigenvalue weighted by molar-refractivity contribution is -0.139. The Morgan fingerprint density at radius 1 is 1.11 bits per heavy atom. The molecule has 156 valence electrons. The van der Waals surface area contributed by atoms with Crippen LogP contribution in [0.1, 0.15) is 44.6 Å². The summed E-state index contributed by atoms with van der Waals surface area (Å²) in [5.74, 6) is -0.839. The summed E-state index contributed by atoms with van der Waals surface area (Å²) in [6.07, 6.45) is 5.41. The Labute approximate surface area is 169 Å². The highest BCUT2D eigenvalue weighted by Gasteiger charge is 2.47. The maximum atomic E-state index is 11.9. The van der Waals surface area contributed by atoms with E-state index < -0.39 is 5.97 Å². The average Bonchev–Trinajstić information content (AvgIpc) is 2.66. The molecule has 1 fully saturated rings. The number of hydrogen-bond acceptors (Lipinski definition) is 4. The maximum absolute atomic E-state index is 11.9. The SMILES string of the molecule is CCCN(C=O)C1(CN(C)CC(=O)O)CCC(c2ccccc2)(N(C)C)CC1. The summed E-state index contributed by atoms with van der Waals surface area (Å²) in [5.41, 5.74) is 0.924. The molecule has 6 nitrogen and oxygen atoms in total. The van der Waals surface area contributed by atoms with Crippen molar-refractivity contribution in [3.05, 3.63) is 35.9 Å². The number of carboxylic acids is 1. The van der Waals surface area contributed by atoms with E-state index >= 15 is 0 Å². The Hall–Kier alpha value is -1.92. The molecule has 0 radical (unpaired) electrons. The van der Waals surface area contributed by atoms with Gasteiger partial charge in [0.1, 0.15) is 0 Å². The quantitative estimate of drug-likeness (QED) is 0.623. The zero-order valence-corrected chi connectivity index (χ0v) is 17.7. The zero-order valence-electron chi connectivity index (χ0n) is 17.7. The molecule has 0 bridgehead atoms. The monoisotopic (exact) mass is 389 g/mol. The van der Waals surface area contributed by atoms with E-state index in [1.165, 1.54) is 5.56 Å². The summed E-state index contributed by atoms with van der Waals surface area (Å²) in [7, 11) is 6.08. The van der Waals surface area contributed by atoms with Crippen LogP contribution in [0.25, 0.3) is 0 Å².